The van der Waals surface area contributed by atoms with E-state index in [0.29, 0.717) is 23.1 Å². The number of benzene rings is 1. The number of anilines is 1. The molecule has 0 spiro atoms. The molecule has 7 heteroatoms. The number of aryl methyl sites for hydroxylation is 1. The average molecular weight is 388 g/mol. The van der Waals surface area contributed by atoms with Gasteiger partial charge in [-0.3, -0.25) is 9.59 Å². The second-order valence-corrected chi connectivity index (χ2v) is 7.68. The van der Waals surface area contributed by atoms with Gasteiger partial charge < -0.3 is 15.4 Å². The number of rotatable bonds is 7. The first-order chi connectivity index (χ1) is 13.1. The Kier molecular flexibility index (Phi) is 6.45. The third-order valence-electron chi connectivity index (χ3n) is 4.70. The molecule has 0 bridgehead atoms. The molecule has 2 amide bonds. The molecule has 0 aliphatic heterocycles. The van der Waals surface area contributed by atoms with Gasteiger partial charge in [0.1, 0.15) is 5.75 Å². The van der Waals surface area contributed by atoms with Gasteiger partial charge in [-0.15, -0.1) is 11.3 Å². The molecule has 1 aliphatic carbocycles. The summed E-state index contributed by atoms with van der Waals surface area (Å²) in [5, 5.41) is 6.05. The van der Waals surface area contributed by atoms with E-state index in [2.05, 4.69) is 22.5 Å². The number of thiazole rings is 1. The molecule has 27 heavy (non-hydrogen) atoms. The van der Waals surface area contributed by atoms with E-state index in [1.54, 1.807) is 35.6 Å². The molecule has 1 heterocycles. The fraction of sp³-hybridized carbons (Fsp3) is 0.450. The first-order valence-electron chi connectivity index (χ1n) is 9.38. The van der Waals surface area contributed by atoms with Crippen molar-refractivity contribution in [1.82, 2.24) is 10.3 Å². The smallest absolute Gasteiger partial charge is 0.251 e. The van der Waals surface area contributed by atoms with Crippen LogP contribution in [-0.4, -0.2) is 29.9 Å². The number of hydrogen-bond acceptors (Lipinski definition) is 5. The van der Waals surface area contributed by atoms with Crippen LogP contribution in [0, 0.1) is 5.92 Å². The highest BCUT2D eigenvalue weighted by Gasteiger charge is 2.22. The third kappa shape index (κ3) is 5.07. The number of ether oxygens (including phenoxy) is 1. The second kappa shape index (κ2) is 8.99. The molecular weight excluding hydrogens is 362 g/mol. The summed E-state index contributed by atoms with van der Waals surface area (Å²) in [5.41, 5.74) is 1.60. The normalized spacial score (nSPS) is 15.7. The van der Waals surface area contributed by atoms with Crippen LogP contribution in [0.1, 0.15) is 47.6 Å². The Morgan fingerprint density at radius 2 is 2.04 bits per heavy atom. The molecule has 2 aromatic rings. The lowest BCUT2D eigenvalue weighted by Crippen LogP contribution is -2.32. The van der Waals surface area contributed by atoms with Crippen LogP contribution < -0.4 is 15.4 Å². The van der Waals surface area contributed by atoms with Crippen LogP contribution in [0.25, 0.3) is 0 Å². The van der Waals surface area contributed by atoms with Gasteiger partial charge >= 0.3 is 0 Å². The number of aromatic nitrogens is 1. The fourth-order valence-corrected chi connectivity index (χ4v) is 4.28. The Morgan fingerprint density at radius 1 is 1.26 bits per heavy atom. The van der Waals surface area contributed by atoms with Crippen molar-refractivity contribution in [2.45, 2.75) is 39.5 Å². The van der Waals surface area contributed by atoms with E-state index in [4.69, 9.17) is 4.74 Å². The Bertz CT molecular complexity index is 801. The number of hydrogen-bond donors (Lipinski definition) is 2. The summed E-state index contributed by atoms with van der Waals surface area (Å²) in [4.78, 5) is 30.1. The molecule has 1 aromatic heterocycles. The Hall–Kier alpha value is -2.41. The maximum Gasteiger partial charge on any atom is 0.251 e. The predicted octanol–water partition coefficient (Wildman–Crippen LogP) is 3.43. The number of amides is 2. The summed E-state index contributed by atoms with van der Waals surface area (Å²) in [7, 11) is 0. The monoisotopic (exact) mass is 387 g/mol. The Labute approximate surface area is 163 Å². The van der Waals surface area contributed by atoms with Crippen molar-refractivity contribution < 1.29 is 14.3 Å². The first-order valence-corrected chi connectivity index (χ1v) is 10.2. The Balaban J connectivity index is 1.49. The van der Waals surface area contributed by atoms with Crippen LogP contribution in [-0.2, 0) is 17.6 Å². The topological polar surface area (TPSA) is 80.3 Å². The standard InChI is InChI=1S/C20H25N3O3S/c1-3-13-5-10-16-17(11-13)27-20(22-16)23-18(24)12-21-19(25)14-6-8-15(9-7-14)26-4-2/h6-9,13H,3-5,10-12H2,1-2H3,(H,21,25)(H,22,23,24). The van der Waals surface area contributed by atoms with E-state index in [1.165, 1.54) is 17.7 Å². The molecule has 1 unspecified atom stereocenters. The van der Waals surface area contributed by atoms with Gasteiger partial charge in [0.15, 0.2) is 5.13 Å². The van der Waals surface area contributed by atoms with Gasteiger partial charge in [0, 0.05) is 10.4 Å². The number of fused-ring (bicyclic) bond motifs is 1. The summed E-state index contributed by atoms with van der Waals surface area (Å²) in [6, 6.07) is 6.83. The quantitative estimate of drug-likeness (QED) is 0.763. The number of carbonyl (C=O) groups excluding carboxylic acids is 2. The molecule has 0 saturated carbocycles. The van der Waals surface area contributed by atoms with Crippen molar-refractivity contribution in [3.05, 3.63) is 40.4 Å². The van der Waals surface area contributed by atoms with Gasteiger partial charge in [-0.1, -0.05) is 13.3 Å². The van der Waals surface area contributed by atoms with Crippen molar-refractivity contribution in [1.29, 1.82) is 0 Å². The van der Waals surface area contributed by atoms with Crippen LogP contribution in [0.5, 0.6) is 5.75 Å². The predicted molar refractivity (Wildman–Crippen MR) is 106 cm³/mol. The van der Waals surface area contributed by atoms with Gasteiger partial charge in [0.2, 0.25) is 5.91 Å². The van der Waals surface area contributed by atoms with Crippen LogP contribution in [0.15, 0.2) is 24.3 Å². The molecule has 0 fully saturated rings. The van der Waals surface area contributed by atoms with Crippen molar-refractivity contribution in [2.75, 3.05) is 18.5 Å². The van der Waals surface area contributed by atoms with Gasteiger partial charge in [0.25, 0.3) is 5.91 Å². The van der Waals surface area contributed by atoms with Gasteiger partial charge in [-0.05, 0) is 56.4 Å². The minimum absolute atomic E-state index is 0.0894. The lowest BCUT2D eigenvalue weighted by atomic mass is 9.89. The maximum atomic E-state index is 12.2. The highest BCUT2D eigenvalue weighted by molar-refractivity contribution is 7.15. The SMILES string of the molecule is CCOc1ccc(C(=O)NCC(=O)Nc2nc3c(s2)CC(CC)CC3)cc1. The molecule has 1 aliphatic rings. The lowest BCUT2D eigenvalue weighted by Gasteiger charge is -2.18. The fourth-order valence-electron chi connectivity index (χ4n) is 3.14. The maximum absolute atomic E-state index is 12.2. The third-order valence-corrected chi connectivity index (χ3v) is 5.74. The van der Waals surface area contributed by atoms with E-state index >= 15 is 0 Å². The number of carbonyl (C=O) groups is 2. The molecule has 2 N–H and O–H groups in total. The summed E-state index contributed by atoms with van der Waals surface area (Å²) < 4.78 is 5.35. The van der Waals surface area contributed by atoms with E-state index in [1.807, 2.05) is 6.92 Å². The van der Waals surface area contributed by atoms with Gasteiger partial charge in [-0.2, -0.15) is 0 Å². The van der Waals surface area contributed by atoms with E-state index in [-0.39, 0.29) is 18.4 Å². The summed E-state index contributed by atoms with van der Waals surface area (Å²) in [6.45, 7) is 4.60. The van der Waals surface area contributed by atoms with Gasteiger partial charge in [0.05, 0.1) is 18.8 Å². The van der Waals surface area contributed by atoms with Crippen molar-refractivity contribution in [2.24, 2.45) is 5.92 Å². The number of nitrogens with zero attached hydrogens (tertiary/aromatic N) is 1. The molecule has 1 atom stereocenters. The molecule has 6 nitrogen and oxygen atoms in total. The highest BCUT2D eigenvalue weighted by atomic mass is 32.1. The van der Waals surface area contributed by atoms with Crippen molar-refractivity contribution in [3.8, 4) is 5.75 Å². The first kappa shape index (κ1) is 19.4. The molecule has 3 rings (SSSR count). The zero-order chi connectivity index (χ0) is 19.2. The van der Waals surface area contributed by atoms with E-state index < -0.39 is 0 Å². The lowest BCUT2D eigenvalue weighted by molar-refractivity contribution is -0.115. The summed E-state index contributed by atoms with van der Waals surface area (Å²) in [6.07, 6.45) is 4.37. The Morgan fingerprint density at radius 3 is 2.74 bits per heavy atom. The minimum atomic E-state index is -0.294. The summed E-state index contributed by atoms with van der Waals surface area (Å²) in [5.74, 6) is 0.865. The minimum Gasteiger partial charge on any atom is -0.494 e. The van der Waals surface area contributed by atoms with Crippen LogP contribution in [0.2, 0.25) is 0 Å². The average Bonchev–Trinajstić information content (AvgIpc) is 3.08. The summed E-state index contributed by atoms with van der Waals surface area (Å²) >= 11 is 1.55. The van der Waals surface area contributed by atoms with E-state index in [0.717, 1.165) is 24.5 Å². The zero-order valence-electron chi connectivity index (χ0n) is 15.7. The van der Waals surface area contributed by atoms with Crippen LogP contribution in [0.4, 0.5) is 5.13 Å². The molecule has 0 radical (unpaired) electrons. The van der Waals surface area contributed by atoms with Crippen LogP contribution >= 0.6 is 11.3 Å². The highest BCUT2D eigenvalue weighted by Crippen LogP contribution is 2.33. The number of nitrogens with one attached hydrogen (secondary N) is 2. The second-order valence-electron chi connectivity index (χ2n) is 6.59. The molecule has 0 saturated heterocycles. The zero-order valence-corrected chi connectivity index (χ0v) is 16.5. The van der Waals surface area contributed by atoms with E-state index in [9.17, 15) is 9.59 Å². The molecular formula is C20H25N3O3S. The largest absolute Gasteiger partial charge is 0.494 e. The van der Waals surface area contributed by atoms with Crippen molar-refractivity contribution >= 4 is 28.3 Å². The van der Waals surface area contributed by atoms with Crippen molar-refractivity contribution in [3.63, 3.8) is 0 Å². The molecule has 1 aromatic carbocycles. The van der Waals surface area contributed by atoms with Gasteiger partial charge in [-0.25, -0.2) is 4.98 Å². The van der Waals surface area contributed by atoms with Crippen LogP contribution in [0.3, 0.4) is 0 Å². The molecule has 144 valence electrons.